The number of benzene rings is 1. The van der Waals surface area contributed by atoms with E-state index in [1.165, 1.54) is 0 Å². The summed E-state index contributed by atoms with van der Waals surface area (Å²) in [6.45, 7) is 1.94. The molecule has 13 heavy (non-hydrogen) atoms. The van der Waals surface area contributed by atoms with E-state index in [0.29, 0.717) is 5.02 Å². The van der Waals surface area contributed by atoms with E-state index in [-0.39, 0.29) is 0 Å². The third-order valence-corrected chi connectivity index (χ3v) is 2.59. The minimum absolute atomic E-state index is 0.695. The maximum absolute atomic E-state index is 9.44. The molecule has 0 unspecified atom stereocenters. The molecule has 0 radical (unpaired) electrons. The van der Waals surface area contributed by atoms with E-state index < -0.39 is 0 Å². The van der Waals surface area contributed by atoms with Crippen LogP contribution in [-0.4, -0.2) is 5.21 Å². The highest BCUT2D eigenvalue weighted by atomic mass is 35.5. The van der Waals surface area contributed by atoms with Gasteiger partial charge in [-0.3, -0.25) is 5.21 Å². The van der Waals surface area contributed by atoms with Crippen LogP contribution in [0, 0.1) is 6.92 Å². The van der Waals surface area contributed by atoms with Crippen LogP contribution in [0.1, 0.15) is 5.56 Å². The van der Waals surface area contributed by atoms with E-state index in [4.69, 9.17) is 11.6 Å². The monoisotopic (exact) mass is 194 g/mol. The van der Waals surface area contributed by atoms with Crippen LogP contribution in [0.4, 0.5) is 0 Å². The van der Waals surface area contributed by atoms with Crippen molar-refractivity contribution < 1.29 is 9.94 Å². The summed E-state index contributed by atoms with van der Waals surface area (Å²) in [4.78, 5) is 0. The van der Waals surface area contributed by atoms with Crippen molar-refractivity contribution in [3.8, 4) is 0 Å². The molecule has 2 aromatic rings. The number of hydrogen-bond acceptors (Lipinski definition) is 1. The van der Waals surface area contributed by atoms with Crippen LogP contribution in [0.25, 0.3) is 10.9 Å². The highest BCUT2D eigenvalue weighted by Gasteiger charge is 2.10. The zero-order valence-electron chi connectivity index (χ0n) is 7.16. The second-order valence-corrected chi connectivity index (χ2v) is 3.36. The third kappa shape index (κ3) is 1.23. The molecule has 1 heterocycles. The quantitative estimate of drug-likeness (QED) is 0.505. The Hall–Kier alpha value is -1.28. The fourth-order valence-corrected chi connectivity index (χ4v) is 1.57. The van der Waals surface area contributed by atoms with Crippen molar-refractivity contribution in [3.05, 3.63) is 41.0 Å². The van der Waals surface area contributed by atoms with Crippen molar-refractivity contribution >= 4 is 22.5 Å². The molecule has 2 rings (SSSR count). The Morgan fingerprint density at radius 1 is 1.31 bits per heavy atom. The number of hydrogen-bond donors (Lipinski definition) is 1. The zero-order chi connectivity index (χ0) is 9.42. The molecule has 0 spiro atoms. The zero-order valence-corrected chi connectivity index (χ0v) is 7.92. The maximum atomic E-state index is 9.44. The van der Waals surface area contributed by atoms with Gasteiger partial charge in [-0.2, -0.15) is 0 Å². The van der Waals surface area contributed by atoms with Crippen molar-refractivity contribution in [2.24, 2.45) is 0 Å². The molecule has 66 valence electrons. The largest absolute Gasteiger partial charge is 0.285 e. The van der Waals surface area contributed by atoms with Gasteiger partial charge in [-0.1, -0.05) is 17.7 Å². The Kier molecular flexibility index (Phi) is 1.85. The number of nitrogens with zero attached hydrogens (tertiary/aromatic N) is 1. The van der Waals surface area contributed by atoms with Crippen LogP contribution in [0.2, 0.25) is 5.02 Å². The fourth-order valence-electron chi connectivity index (χ4n) is 1.35. The van der Waals surface area contributed by atoms with Crippen LogP contribution in [-0.2, 0) is 0 Å². The molecule has 0 bridgehead atoms. The van der Waals surface area contributed by atoms with Crippen molar-refractivity contribution in [2.75, 3.05) is 0 Å². The molecule has 1 aromatic carbocycles. The van der Waals surface area contributed by atoms with E-state index in [9.17, 15) is 5.21 Å². The first-order chi connectivity index (χ1) is 6.20. The van der Waals surface area contributed by atoms with E-state index in [2.05, 4.69) is 0 Å². The Morgan fingerprint density at radius 3 is 2.85 bits per heavy atom. The first-order valence-electron chi connectivity index (χ1n) is 3.99. The summed E-state index contributed by atoms with van der Waals surface area (Å²) in [5, 5.41) is 11.0. The molecule has 2 nitrogen and oxygen atoms in total. The number of fused-ring (bicyclic) bond motifs is 1. The van der Waals surface area contributed by atoms with Crippen LogP contribution in [0.5, 0.6) is 0 Å². The molecular formula is C10H9ClNO+. The molecule has 3 heteroatoms. The number of rotatable bonds is 0. The van der Waals surface area contributed by atoms with Gasteiger partial charge >= 0.3 is 0 Å². The molecule has 0 amide bonds. The van der Waals surface area contributed by atoms with Gasteiger partial charge in [-0.05, 0) is 18.6 Å². The number of halogens is 1. The van der Waals surface area contributed by atoms with Gasteiger partial charge in [-0.15, -0.1) is 0 Å². The fraction of sp³-hybridized carbons (Fsp3) is 0.100. The second kappa shape index (κ2) is 2.89. The van der Waals surface area contributed by atoms with Crippen molar-refractivity contribution in [3.63, 3.8) is 0 Å². The lowest BCUT2D eigenvalue weighted by Gasteiger charge is -1.99. The summed E-state index contributed by atoms with van der Waals surface area (Å²) in [7, 11) is 0. The highest BCUT2D eigenvalue weighted by Crippen LogP contribution is 2.24. The lowest BCUT2D eigenvalue weighted by Crippen LogP contribution is -2.29. The Bertz CT molecular complexity index is 468. The van der Waals surface area contributed by atoms with E-state index in [1.807, 2.05) is 25.1 Å². The van der Waals surface area contributed by atoms with Crippen LogP contribution in [0.3, 0.4) is 0 Å². The lowest BCUT2D eigenvalue weighted by atomic mass is 10.1. The minimum atomic E-state index is 0.695. The Labute approximate surface area is 81.0 Å². The molecule has 0 saturated heterocycles. The maximum Gasteiger partial charge on any atom is 0.265 e. The summed E-state index contributed by atoms with van der Waals surface area (Å²) in [6.07, 6.45) is 1.58. The Balaban J connectivity index is 2.94. The molecule has 0 aliphatic heterocycles. The smallest absolute Gasteiger partial charge is 0.265 e. The van der Waals surface area contributed by atoms with Gasteiger partial charge in [-0.25, -0.2) is 0 Å². The van der Waals surface area contributed by atoms with Crippen molar-refractivity contribution in [2.45, 2.75) is 6.92 Å². The minimum Gasteiger partial charge on any atom is -0.285 e. The predicted molar refractivity (Wildman–Crippen MR) is 51.1 cm³/mol. The molecule has 1 N–H and O–H groups in total. The molecule has 1 aromatic heterocycles. The highest BCUT2D eigenvalue weighted by molar-refractivity contribution is 6.35. The summed E-state index contributed by atoms with van der Waals surface area (Å²) in [5.74, 6) is 0. The number of aryl methyl sites for hydroxylation is 1. The SMILES string of the molecule is Cc1ccc2c(ccc[n+]2O)c1Cl. The molecule has 0 aliphatic rings. The van der Waals surface area contributed by atoms with Gasteiger partial charge < -0.3 is 0 Å². The molecular weight excluding hydrogens is 186 g/mol. The third-order valence-electron chi connectivity index (χ3n) is 2.09. The summed E-state index contributed by atoms with van der Waals surface area (Å²) in [5.41, 5.74) is 1.73. The van der Waals surface area contributed by atoms with Gasteiger partial charge in [0, 0.05) is 16.9 Å². The normalized spacial score (nSPS) is 10.6. The molecule has 0 aliphatic carbocycles. The van der Waals surface area contributed by atoms with E-state index >= 15 is 0 Å². The number of pyridine rings is 1. The van der Waals surface area contributed by atoms with E-state index in [0.717, 1.165) is 21.2 Å². The molecule has 0 fully saturated rings. The predicted octanol–water partition coefficient (Wildman–Crippen LogP) is 2.33. The molecule has 0 atom stereocenters. The van der Waals surface area contributed by atoms with Gasteiger partial charge in [0.1, 0.15) is 0 Å². The second-order valence-electron chi connectivity index (χ2n) is 2.98. The van der Waals surface area contributed by atoms with Crippen molar-refractivity contribution in [1.82, 2.24) is 0 Å². The molecule has 0 saturated carbocycles. The van der Waals surface area contributed by atoms with Gasteiger partial charge in [0.2, 0.25) is 6.20 Å². The average molecular weight is 195 g/mol. The summed E-state index contributed by atoms with van der Waals surface area (Å²) >= 11 is 6.07. The van der Waals surface area contributed by atoms with Crippen LogP contribution >= 0.6 is 11.6 Å². The standard InChI is InChI=1S/C10H9ClNO/c1-7-4-5-9-8(10(7)11)3-2-6-12(9)13/h2-6,13H,1H3/q+1. The van der Waals surface area contributed by atoms with Crippen LogP contribution < -0.4 is 4.73 Å². The van der Waals surface area contributed by atoms with Crippen LogP contribution in [0.15, 0.2) is 30.5 Å². The summed E-state index contributed by atoms with van der Waals surface area (Å²) < 4.78 is 1.07. The van der Waals surface area contributed by atoms with Gasteiger partial charge in [0.25, 0.3) is 5.52 Å². The van der Waals surface area contributed by atoms with Gasteiger partial charge in [0.05, 0.1) is 10.4 Å². The lowest BCUT2D eigenvalue weighted by molar-refractivity contribution is -0.884. The number of aromatic nitrogens is 1. The summed E-state index contributed by atoms with van der Waals surface area (Å²) in [6, 6.07) is 7.37. The Morgan fingerprint density at radius 2 is 2.08 bits per heavy atom. The first kappa shape index (κ1) is 8.32. The van der Waals surface area contributed by atoms with E-state index in [1.54, 1.807) is 12.3 Å². The first-order valence-corrected chi connectivity index (χ1v) is 4.36. The average Bonchev–Trinajstić information content (AvgIpc) is 2.12. The van der Waals surface area contributed by atoms with Gasteiger partial charge in [0.15, 0.2) is 0 Å². The van der Waals surface area contributed by atoms with Crippen molar-refractivity contribution in [1.29, 1.82) is 0 Å². The topological polar surface area (TPSA) is 24.1 Å².